The minimum Gasteiger partial charge on any atom is -0.481 e. The Hall–Kier alpha value is -1.85. The lowest BCUT2D eigenvalue weighted by atomic mass is 10.2. The Morgan fingerprint density at radius 3 is 2.83 bits per heavy atom. The van der Waals surface area contributed by atoms with E-state index in [0.29, 0.717) is 24.7 Å². The molecule has 0 aromatic carbocycles. The van der Waals surface area contributed by atoms with E-state index >= 15 is 0 Å². The van der Waals surface area contributed by atoms with Crippen LogP contribution in [0.25, 0.3) is 0 Å². The summed E-state index contributed by atoms with van der Waals surface area (Å²) in [5, 5.41) is 12.1. The third-order valence-corrected chi connectivity index (χ3v) is 2.51. The number of aliphatic hydroxyl groups excluding tert-OH is 1. The summed E-state index contributed by atoms with van der Waals surface area (Å²) >= 11 is 0. The van der Waals surface area contributed by atoms with Crippen LogP contribution in [0.4, 0.5) is 0 Å². The zero-order valence-corrected chi connectivity index (χ0v) is 10.2. The van der Waals surface area contributed by atoms with E-state index in [4.69, 9.17) is 14.3 Å². The largest absolute Gasteiger partial charge is 0.481 e. The van der Waals surface area contributed by atoms with Crippen LogP contribution in [0.3, 0.4) is 0 Å². The van der Waals surface area contributed by atoms with Gasteiger partial charge in [-0.3, -0.25) is 0 Å². The lowest BCUT2D eigenvalue weighted by Crippen LogP contribution is -2.12. The molecule has 2 aromatic heterocycles. The first-order chi connectivity index (χ1) is 8.81. The van der Waals surface area contributed by atoms with Gasteiger partial charge in [-0.05, 0) is 23.8 Å². The third-order valence-electron chi connectivity index (χ3n) is 2.51. The summed E-state index contributed by atoms with van der Waals surface area (Å²) in [7, 11) is 1.60. The molecule has 18 heavy (non-hydrogen) atoms. The number of aliphatic hydroxyl groups is 1. The first kappa shape index (κ1) is 12.6. The molecule has 0 spiro atoms. The molecule has 0 aliphatic rings. The van der Waals surface area contributed by atoms with Gasteiger partial charge in [0.2, 0.25) is 5.88 Å². The molecule has 0 aliphatic carbocycles. The maximum atomic E-state index is 8.88. The van der Waals surface area contributed by atoms with Crippen LogP contribution in [0.15, 0.2) is 34.9 Å². The number of rotatable bonds is 6. The summed E-state index contributed by atoms with van der Waals surface area (Å²) in [6.45, 7) is 1.25. The third kappa shape index (κ3) is 3.32. The molecule has 0 fully saturated rings. The Balaban J connectivity index is 1.84. The van der Waals surface area contributed by atoms with E-state index in [-0.39, 0.29) is 6.61 Å². The van der Waals surface area contributed by atoms with Gasteiger partial charge < -0.3 is 19.6 Å². The first-order valence-corrected chi connectivity index (χ1v) is 5.70. The fourth-order valence-corrected chi connectivity index (χ4v) is 1.60. The van der Waals surface area contributed by atoms with E-state index in [1.165, 1.54) is 0 Å². The summed E-state index contributed by atoms with van der Waals surface area (Å²) < 4.78 is 10.4. The zero-order chi connectivity index (χ0) is 12.8. The Bertz CT molecular complexity index is 496. The standard InChI is InChI=1S/C13H16N2O3/c1-17-13-6-10(4-5-15-13)7-14-8-11-2-3-12(9-16)18-11/h2-6,14,16H,7-9H2,1H3. The fourth-order valence-electron chi connectivity index (χ4n) is 1.60. The number of hydrogen-bond donors (Lipinski definition) is 2. The topological polar surface area (TPSA) is 67.5 Å². The van der Waals surface area contributed by atoms with Crippen molar-refractivity contribution in [2.75, 3.05) is 7.11 Å². The van der Waals surface area contributed by atoms with Crippen LogP contribution in [-0.4, -0.2) is 17.2 Å². The number of nitrogens with zero attached hydrogens (tertiary/aromatic N) is 1. The molecule has 0 unspecified atom stereocenters. The van der Waals surface area contributed by atoms with Crippen LogP contribution in [-0.2, 0) is 19.7 Å². The number of pyridine rings is 1. The van der Waals surface area contributed by atoms with Crippen LogP contribution in [0.1, 0.15) is 17.1 Å². The number of nitrogens with one attached hydrogen (secondary N) is 1. The fraction of sp³-hybridized carbons (Fsp3) is 0.308. The molecule has 0 bridgehead atoms. The number of aromatic nitrogens is 1. The second-order valence-corrected chi connectivity index (χ2v) is 3.84. The van der Waals surface area contributed by atoms with Gasteiger partial charge in [-0.1, -0.05) is 0 Å². The van der Waals surface area contributed by atoms with Crippen molar-refractivity contribution in [3.63, 3.8) is 0 Å². The Morgan fingerprint density at radius 2 is 2.11 bits per heavy atom. The van der Waals surface area contributed by atoms with Crippen molar-refractivity contribution in [3.8, 4) is 5.88 Å². The monoisotopic (exact) mass is 248 g/mol. The van der Waals surface area contributed by atoms with E-state index < -0.39 is 0 Å². The van der Waals surface area contributed by atoms with Crippen LogP contribution in [0.5, 0.6) is 5.88 Å². The van der Waals surface area contributed by atoms with E-state index in [9.17, 15) is 0 Å². The lowest BCUT2D eigenvalue weighted by molar-refractivity contribution is 0.242. The maximum Gasteiger partial charge on any atom is 0.213 e. The smallest absolute Gasteiger partial charge is 0.213 e. The molecule has 0 amide bonds. The Labute approximate surface area is 105 Å². The second kappa shape index (κ2) is 6.18. The molecule has 2 N–H and O–H groups in total. The van der Waals surface area contributed by atoms with Crippen molar-refractivity contribution in [1.82, 2.24) is 10.3 Å². The summed E-state index contributed by atoms with van der Waals surface area (Å²) in [4.78, 5) is 4.04. The van der Waals surface area contributed by atoms with E-state index in [1.54, 1.807) is 19.4 Å². The average molecular weight is 248 g/mol. The average Bonchev–Trinajstić information content (AvgIpc) is 2.87. The Morgan fingerprint density at radius 1 is 1.28 bits per heavy atom. The molecule has 96 valence electrons. The van der Waals surface area contributed by atoms with Gasteiger partial charge in [0.1, 0.15) is 18.1 Å². The molecule has 2 heterocycles. The van der Waals surface area contributed by atoms with E-state index in [2.05, 4.69) is 10.3 Å². The van der Waals surface area contributed by atoms with Crippen LogP contribution in [0, 0.1) is 0 Å². The molecular weight excluding hydrogens is 232 g/mol. The summed E-state index contributed by atoms with van der Waals surface area (Å²) in [5.74, 6) is 1.99. The quantitative estimate of drug-likeness (QED) is 0.810. The molecule has 0 saturated carbocycles. The van der Waals surface area contributed by atoms with Crippen LogP contribution in [0.2, 0.25) is 0 Å². The maximum absolute atomic E-state index is 8.88. The highest BCUT2D eigenvalue weighted by atomic mass is 16.5. The highest BCUT2D eigenvalue weighted by Gasteiger charge is 2.01. The molecule has 5 heteroatoms. The van der Waals surface area contributed by atoms with Crippen molar-refractivity contribution in [2.24, 2.45) is 0 Å². The Kier molecular flexibility index (Phi) is 4.33. The van der Waals surface area contributed by atoms with Crippen molar-refractivity contribution < 1.29 is 14.3 Å². The summed E-state index contributed by atoms with van der Waals surface area (Å²) in [6, 6.07) is 7.43. The zero-order valence-electron chi connectivity index (χ0n) is 10.2. The number of ether oxygens (including phenoxy) is 1. The van der Waals surface area contributed by atoms with Crippen molar-refractivity contribution in [1.29, 1.82) is 0 Å². The normalized spacial score (nSPS) is 10.6. The van der Waals surface area contributed by atoms with Gasteiger partial charge >= 0.3 is 0 Å². The minimum absolute atomic E-state index is 0.0679. The number of methoxy groups -OCH3 is 1. The van der Waals surface area contributed by atoms with Gasteiger partial charge in [0.25, 0.3) is 0 Å². The minimum atomic E-state index is -0.0679. The second-order valence-electron chi connectivity index (χ2n) is 3.84. The molecule has 2 aromatic rings. The number of hydrogen-bond acceptors (Lipinski definition) is 5. The van der Waals surface area contributed by atoms with Gasteiger partial charge in [0.15, 0.2) is 0 Å². The van der Waals surface area contributed by atoms with Crippen molar-refractivity contribution in [3.05, 3.63) is 47.5 Å². The number of furan rings is 1. The molecule has 5 nitrogen and oxygen atoms in total. The van der Waals surface area contributed by atoms with Crippen molar-refractivity contribution in [2.45, 2.75) is 19.7 Å². The summed E-state index contributed by atoms with van der Waals surface area (Å²) in [5.41, 5.74) is 1.09. The van der Waals surface area contributed by atoms with Gasteiger partial charge in [0.05, 0.1) is 13.7 Å². The van der Waals surface area contributed by atoms with Gasteiger partial charge in [-0.2, -0.15) is 0 Å². The van der Waals surface area contributed by atoms with Gasteiger partial charge in [-0.15, -0.1) is 0 Å². The van der Waals surface area contributed by atoms with E-state index in [0.717, 1.165) is 11.3 Å². The molecule has 0 aliphatic heterocycles. The van der Waals surface area contributed by atoms with Crippen LogP contribution >= 0.6 is 0 Å². The lowest BCUT2D eigenvalue weighted by Gasteiger charge is -2.04. The van der Waals surface area contributed by atoms with E-state index in [1.807, 2.05) is 18.2 Å². The highest BCUT2D eigenvalue weighted by molar-refractivity contribution is 5.20. The SMILES string of the molecule is COc1cc(CNCc2ccc(CO)o2)ccn1. The van der Waals surface area contributed by atoms with Gasteiger partial charge in [-0.25, -0.2) is 4.98 Å². The predicted molar refractivity (Wildman–Crippen MR) is 66.0 cm³/mol. The van der Waals surface area contributed by atoms with Crippen molar-refractivity contribution >= 4 is 0 Å². The molecule has 0 radical (unpaired) electrons. The molecule has 2 rings (SSSR count). The molecule has 0 atom stereocenters. The first-order valence-electron chi connectivity index (χ1n) is 5.70. The van der Waals surface area contributed by atoms with Crippen LogP contribution < -0.4 is 10.1 Å². The predicted octanol–water partition coefficient (Wildman–Crippen LogP) is 1.47. The molecule has 0 saturated heterocycles. The molecular formula is C13H16N2O3. The highest BCUT2D eigenvalue weighted by Crippen LogP contribution is 2.10. The summed E-state index contributed by atoms with van der Waals surface area (Å²) in [6.07, 6.45) is 1.71. The van der Waals surface area contributed by atoms with Gasteiger partial charge in [0, 0.05) is 18.8 Å².